The second-order valence-electron chi connectivity index (χ2n) is 8.96. The fourth-order valence-electron chi connectivity index (χ4n) is 5.28. The maximum atomic E-state index is 13.3. The molecule has 0 radical (unpaired) electrons. The number of rotatable bonds is 7. The third-order valence-electron chi connectivity index (χ3n) is 7.06. The summed E-state index contributed by atoms with van der Waals surface area (Å²) in [5.74, 6) is 2.03. The van der Waals surface area contributed by atoms with Crippen LogP contribution in [0.2, 0.25) is 0 Å². The summed E-state index contributed by atoms with van der Waals surface area (Å²) in [5.41, 5.74) is 0.936. The van der Waals surface area contributed by atoms with E-state index >= 15 is 0 Å². The van der Waals surface area contributed by atoms with Gasteiger partial charge in [0.25, 0.3) is 0 Å². The summed E-state index contributed by atoms with van der Waals surface area (Å²) < 4.78 is 26.4. The molecule has 0 atom stereocenters. The van der Waals surface area contributed by atoms with Crippen molar-refractivity contribution in [1.82, 2.24) is 0 Å². The highest BCUT2D eigenvalue weighted by atomic mass is 19.2. The zero-order chi connectivity index (χ0) is 19.1. The Bertz CT molecular complexity index is 590. The molecule has 0 nitrogen and oxygen atoms in total. The number of aryl methyl sites for hydroxylation is 1. The van der Waals surface area contributed by atoms with Gasteiger partial charge in [0.1, 0.15) is 0 Å². The zero-order valence-corrected chi connectivity index (χ0v) is 16.9. The predicted molar refractivity (Wildman–Crippen MR) is 110 cm³/mol. The highest BCUT2D eigenvalue weighted by molar-refractivity contribution is 5.17. The molecule has 0 heterocycles. The smallest absolute Gasteiger partial charge is 0.159 e. The van der Waals surface area contributed by atoms with E-state index in [0.29, 0.717) is 0 Å². The molecular formula is C25H36F2. The standard InChI is InChI=1S/C25H36F2/c1-2-3-4-5-19-8-13-22(14-9-19)23-15-10-20(11-16-23)6-7-21-12-17-24(26)25(27)18-21/h4-5,12,17-20,22-23H,2-3,6-11,13-16H2,1H3/t19-,20-,22-,23-. The molecule has 0 aliphatic heterocycles. The molecule has 2 heteroatoms. The van der Waals surface area contributed by atoms with E-state index in [2.05, 4.69) is 19.1 Å². The minimum Gasteiger partial charge on any atom is -0.204 e. The zero-order valence-electron chi connectivity index (χ0n) is 16.9. The van der Waals surface area contributed by atoms with Gasteiger partial charge in [-0.2, -0.15) is 0 Å². The molecule has 0 amide bonds. The summed E-state index contributed by atoms with van der Waals surface area (Å²) >= 11 is 0. The average molecular weight is 375 g/mol. The molecule has 0 N–H and O–H groups in total. The predicted octanol–water partition coefficient (Wildman–Crippen LogP) is 7.87. The highest BCUT2D eigenvalue weighted by Gasteiger charge is 2.30. The maximum Gasteiger partial charge on any atom is 0.159 e. The van der Waals surface area contributed by atoms with Crippen molar-refractivity contribution in [3.8, 4) is 0 Å². The molecule has 0 bridgehead atoms. The largest absolute Gasteiger partial charge is 0.204 e. The van der Waals surface area contributed by atoms with Crippen LogP contribution in [-0.4, -0.2) is 0 Å². The number of hydrogen-bond donors (Lipinski definition) is 0. The number of halogens is 2. The normalized spacial score (nSPS) is 29.3. The summed E-state index contributed by atoms with van der Waals surface area (Å²) in [5, 5.41) is 0. The Morgan fingerprint density at radius 1 is 0.889 bits per heavy atom. The van der Waals surface area contributed by atoms with Crippen LogP contribution < -0.4 is 0 Å². The first-order chi connectivity index (χ1) is 13.2. The lowest BCUT2D eigenvalue weighted by Crippen LogP contribution is -2.25. The van der Waals surface area contributed by atoms with Crippen molar-refractivity contribution >= 4 is 0 Å². The van der Waals surface area contributed by atoms with Gasteiger partial charge in [-0.1, -0.05) is 44.4 Å². The van der Waals surface area contributed by atoms with E-state index in [4.69, 9.17) is 0 Å². The molecule has 1 aromatic rings. The van der Waals surface area contributed by atoms with Crippen molar-refractivity contribution < 1.29 is 8.78 Å². The van der Waals surface area contributed by atoms with Crippen LogP contribution in [0.4, 0.5) is 8.78 Å². The second kappa shape index (κ2) is 10.4. The van der Waals surface area contributed by atoms with Crippen LogP contribution >= 0.6 is 0 Å². The molecule has 0 saturated heterocycles. The lowest BCUT2D eigenvalue weighted by atomic mass is 9.68. The van der Waals surface area contributed by atoms with Gasteiger partial charge in [-0.25, -0.2) is 8.78 Å². The summed E-state index contributed by atoms with van der Waals surface area (Å²) in [6.07, 6.45) is 20.4. The van der Waals surface area contributed by atoms with Gasteiger partial charge in [0.15, 0.2) is 11.6 Å². The molecule has 27 heavy (non-hydrogen) atoms. The SMILES string of the molecule is CCCC=C[C@H]1CC[C@H]([C@H]2CC[C@H](CCc3ccc(F)c(F)c3)CC2)CC1. The molecule has 2 saturated carbocycles. The molecule has 1 aromatic carbocycles. The van der Waals surface area contributed by atoms with Crippen molar-refractivity contribution in [2.75, 3.05) is 0 Å². The van der Waals surface area contributed by atoms with Crippen LogP contribution in [0, 0.1) is 35.3 Å². The van der Waals surface area contributed by atoms with Crippen LogP contribution in [0.3, 0.4) is 0 Å². The van der Waals surface area contributed by atoms with E-state index in [9.17, 15) is 8.78 Å². The number of unbranched alkanes of at least 4 members (excludes halogenated alkanes) is 1. The van der Waals surface area contributed by atoms with Gasteiger partial charge in [0.2, 0.25) is 0 Å². The van der Waals surface area contributed by atoms with Crippen molar-refractivity contribution in [2.24, 2.45) is 23.7 Å². The van der Waals surface area contributed by atoms with E-state index < -0.39 is 11.6 Å². The Morgan fingerprint density at radius 2 is 1.56 bits per heavy atom. The fourth-order valence-corrected chi connectivity index (χ4v) is 5.28. The Balaban J connectivity index is 1.36. The molecule has 150 valence electrons. The van der Waals surface area contributed by atoms with Crippen molar-refractivity contribution in [3.05, 3.63) is 47.5 Å². The maximum absolute atomic E-state index is 13.3. The Hall–Kier alpha value is -1.18. The molecule has 0 unspecified atom stereocenters. The van der Waals surface area contributed by atoms with Crippen molar-refractivity contribution in [3.63, 3.8) is 0 Å². The van der Waals surface area contributed by atoms with Gasteiger partial charge in [0, 0.05) is 0 Å². The Kier molecular flexibility index (Phi) is 7.91. The van der Waals surface area contributed by atoms with E-state index in [-0.39, 0.29) is 0 Å². The minimum absolute atomic E-state index is 0.712. The topological polar surface area (TPSA) is 0 Å². The molecule has 0 aromatic heterocycles. The first-order valence-electron chi connectivity index (χ1n) is 11.3. The van der Waals surface area contributed by atoms with Crippen LogP contribution in [0.5, 0.6) is 0 Å². The number of benzene rings is 1. The number of hydrogen-bond acceptors (Lipinski definition) is 0. The summed E-state index contributed by atoms with van der Waals surface area (Å²) in [7, 11) is 0. The van der Waals surface area contributed by atoms with Gasteiger partial charge in [0.05, 0.1) is 0 Å². The molecule has 0 spiro atoms. The molecule has 2 aliphatic carbocycles. The van der Waals surface area contributed by atoms with Crippen LogP contribution in [0.1, 0.15) is 83.1 Å². The van der Waals surface area contributed by atoms with Gasteiger partial charge >= 0.3 is 0 Å². The first kappa shape index (κ1) is 20.6. The lowest BCUT2D eigenvalue weighted by Gasteiger charge is -2.37. The summed E-state index contributed by atoms with van der Waals surface area (Å²) in [6.45, 7) is 2.25. The van der Waals surface area contributed by atoms with Crippen molar-refractivity contribution in [1.29, 1.82) is 0 Å². The van der Waals surface area contributed by atoms with E-state index in [0.717, 1.165) is 42.1 Å². The third kappa shape index (κ3) is 6.16. The first-order valence-corrected chi connectivity index (χ1v) is 11.3. The second-order valence-corrected chi connectivity index (χ2v) is 8.96. The van der Waals surface area contributed by atoms with E-state index in [1.807, 2.05) is 0 Å². The third-order valence-corrected chi connectivity index (χ3v) is 7.06. The van der Waals surface area contributed by atoms with Gasteiger partial charge < -0.3 is 0 Å². The van der Waals surface area contributed by atoms with Crippen LogP contribution in [-0.2, 0) is 6.42 Å². The molecule has 2 fully saturated rings. The highest BCUT2D eigenvalue weighted by Crippen LogP contribution is 2.42. The minimum atomic E-state index is -0.741. The van der Waals surface area contributed by atoms with Gasteiger partial charge in [-0.3, -0.25) is 0 Å². The Labute approximate surface area is 164 Å². The van der Waals surface area contributed by atoms with Crippen LogP contribution in [0.15, 0.2) is 30.4 Å². The monoisotopic (exact) mass is 374 g/mol. The number of allylic oxidation sites excluding steroid dienone is 2. The molecule has 3 rings (SSSR count). The van der Waals surface area contributed by atoms with Gasteiger partial charge in [-0.05, 0) is 99.2 Å². The lowest BCUT2D eigenvalue weighted by molar-refractivity contribution is 0.152. The summed E-state index contributed by atoms with van der Waals surface area (Å²) in [4.78, 5) is 0. The van der Waals surface area contributed by atoms with Crippen LogP contribution in [0.25, 0.3) is 0 Å². The quantitative estimate of drug-likeness (QED) is 0.426. The average Bonchev–Trinajstić information content (AvgIpc) is 2.70. The Morgan fingerprint density at radius 3 is 2.19 bits per heavy atom. The molecule has 2 aliphatic rings. The van der Waals surface area contributed by atoms with E-state index in [1.54, 1.807) is 6.07 Å². The fraction of sp³-hybridized carbons (Fsp3) is 0.680. The summed E-state index contributed by atoms with van der Waals surface area (Å²) in [6, 6.07) is 4.36. The van der Waals surface area contributed by atoms with Gasteiger partial charge in [-0.15, -0.1) is 0 Å². The molecular weight excluding hydrogens is 338 g/mol. The van der Waals surface area contributed by atoms with E-state index in [1.165, 1.54) is 76.3 Å². The van der Waals surface area contributed by atoms with Crippen molar-refractivity contribution in [2.45, 2.75) is 84.0 Å².